The maximum Gasteiger partial charge on any atom is 0.289 e. The fraction of sp³-hybridized carbons (Fsp3) is 0.333. The van der Waals surface area contributed by atoms with Crippen LogP contribution in [0.1, 0.15) is 27.8 Å². The number of nitrogens with zero attached hydrogens (tertiary/aromatic N) is 2. The zero-order valence-corrected chi connectivity index (χ0v) is 17.2. The van der Waals surface area contributed by atoms with Crippen LogP contribution in [0.2, 0.25) is 0 Å². The maximum atomic E-state index is 12.4. The molecule has 9 nitrogen and oxygen atoms in total. The predicted octanol–water partition coefficient (Wildman–Crippen LogP) is 1.49. The van der Waals surface area contributed by atoms with Crippen molar-refractivity contribution in [3.05, 3.63) is 34.8 Å². The van der Waals surface area contributed by atoms with Gasteiger partial charge in [0.15, 0.2) is 5.13 Å². The molecule has 3 amide bonds. The molecule has 3 N–H and O–H groups in total. The van der Waals surface area contributed by atoms with Crippen molar-refractivity contribution in [3.63, 3.8) is 0 Å². The third-order valence-electron chi connectivity index (χ3n) is 4.47. The summed E-state index contributed by atoms with van der Waals surface area (Å²) in [6.45, 7) is 4.56. The molecule has 29 heavy (non-hydrogen) atoms. The lowest BCUT2D eigenvalue weighted by Crippen LogP contribution is -2.42. The lowest BCUT2D eigenvalue weighted by Gasteiger charge is -2.25. The van der Waals surface area contributed by atoms with Crippen molar-refractivity contribution in [1.29, 1.82) is 0 Å². The Morgan fingerprint density at radius 1 is 1.24 bits per heavy atom. The predicted molar refractivity (Wildman–Crippen MR) is 110 cm³/mol. The summed E-state index contributed by atoms with van der Waals surface area (Å²) in [5.41, 5.74) is 5.92. The molecule has 0 saturated carbocycles. The number of nitrogens with one attached hydrogen (secondary N) is 3. The summed E-state index contributed by atoms with van der Waals surface area (Å²) in [7, 11) is 0. The van der Waals surface area contributed by atoms with Crippen LogP contribution >= 0.6 is 23.1 Å². The Kier molecular flexibility index (Phi) is 5.69. The Morgan fingerprint density at radius 2 is 2.00 bits per heavy atom. The quantitative estimate of drug-likeness (QED) is 0.629. The Balaban J connectivity index is 1.36. The van der Waals surface area contributed by atoms with Crippen molar-refractivity contribution in [2.24, 2.45) is 0 Å². The summed E-state index contributed by atoms with van der Waals surface area (Å²) in [4.78, 5) is 43.8. The summed E-state index contributed by atoms with van der Waals surface area (Å²) in [6.07, 6.45) is 0. The first-order valence-corrected chi connectivity index (χ1v) is 10.8. The van der Waals surface area contributed by atoms with Gasteiger partial charge in [-0.2, -0.15) is 0 Å². The van der Waals surface area contributed by atoms with E-state index in [-0.39, 0.29) is 16.9 Å². The second-order valence-electron chi connectivity index (χ2n) is 6.48. The molecule has 0 aliphatic carbocycles. The van der Waals surface area contributed by atoms with Crippen LogP contribution in [0.3, 0.4) is 0 Å². The molecule has 2 aliphatic heterocycles. The number of carbonyl (C=O) groups excluding carboxylic acids is 3. The van der Waals surface area contributed by atoms with Crippen LogP contribution in [-0.2, 0) is 9.53 Å². The standard InChI is InChI=1S/C18H19N5O4S2/c1-10-15(24)19-12-8-11(2-3-14(12)29-10)16(25)21-22-17(26)13-9-28-18(20-13)23-4-6-27-7-5-23/h2-3,8-10H,4-7H2,1H3,(H,19,24)(H,21,25)(H,22,26)/t10-/m1/s1. The first-order valence-electron chi connectivity index (χ1n) is 9.02. The number of ether oxygens (including phenoxy) is 1. The minimum absolute atomic E-state index is 0.104. The number of hydrazine groups is 1. The number of hydrogen-bond donors (Lipinski definition) is 3. The minimum atomic E-state index is -0.496. The summed E-state index contributed by atoms with van der Waals surface area (Å²) < 4.78 is 5.31. The van der Waals surface area contributed by atoms with E-state index in [1.807, 2.05) is 6.92 Å². The van der Waals surface area contributed by atoms with E-state index >= 15 is 0 Å². The zero-order valence-electron chi connectivity index (χ0n) is 15.6. The van der Waals surface area contributed by atoms with Gasteiger partial charge in [0.25, 0.3) is 11.8 Å². The first-order chi connectivity index (χ1) is 14.0. The largest absolute Gasteiger partial charge is 0.378 e. The number of thioether (sulfide) groups is 1. The normalized spacial score (nSPS) is 18.6. The monoisotopic (exact) mass is 433 g/mol. The molecular weight excluding hydrogens is 414 g/mol. The van der Waals surface area contributed by atoms with Crippen LogP contribution in [0, 0.1) is 0 Å². The van der Waals surface area contributed by atoms with E-state index in [9.17, 15) is 14.4 Å². The van der Waals surface area contributed by atoms with E-state index in [1.165, 1.54) is 23.1 Å². The van der Waals surface area contributed by atoms with Gasteiger partial charge in [-0.05, 0) is 25.1 Å². The molecule has 2 aliphatic rings. The van der Waals surface area contributed by atoms with Crippen LogP contribution in [0.4, 0.5) is 10.8 Å². The van der Waals surface area contributed by atoms with Gasteiger partial charge in [-0.15, -0.1) is 23.1 Å². The van der Waals surface area contributed by atoms with Crippen molar-refractivity contribution in [3.8, 4) is 0 Å². The summed E-state index contributed by atoms with van der Waals surface area (Å²) in [5.74, 6) is -1.08. The second-order valence-corrected chi connectivity index (χ2v) is 8.70. The number of hydrogen-bond acceptors (Lipinski definition) is 8. The molecule has 1 aromatic heterocycles. The van der Waals surface area contributed by atoms with Crippen LogP contribution in [-0.4, -0.2) is 54.3 Å². The number of aromatic nitrogens is 1. The van der Waals surface area contributed by atoms with Gasteiger partial charge in [-0.3, -0.25) is 25.2 Å². The lowest BCUT2D eigenvalue weighted by molar-refractivity contribution is -0.115. The molecule has 1 fully saturated rings. The van der Waals surface area contributed by atoms with Crippen molar-refractivity contribution in [2.45, 2.75) is 17.1 Å². The van der Waals surface area contributed by atoms with Crippen LogP contribution in [0.5, 0.6) is 0 Å². The second kappa shape index (κ2) is 8.39. The molecule has 0 radical (unpaired) electrons. The highest BCUT2D eigenvalue weighted by Gasteiger charge is 2.24. The molecule has 1 aromatic carbocycles. The Bertz CT molecular complexity index is 957. The number of benzene rings is 1. The highest BCUT2D eigenvalue weighted by Crippen LogP contribution is 2.35. The smallest absolute Gasteiger partial charge is 0.289 e. The van der Waals surface area contributed by atoms with Crippen molar-refractivity contribution < 1.29 is 19.1 Å². The number of fused-ring (bicyclic) bond motifs is 1. The minimum Gasteiger partial charge on any atom is -0.378 e. The maximum absolute atomic E-state index is 12.4. The number of morpholine rings is 1. The van der Waals surface area contributed by atoms with Crippen molar-refractivity contribution >= 4 is 51.6 Å². The Hall–Kier alpha value is -2.63. The highest BCUT2D eigenvalue weighted by molar-refractivity contribution is 8.00. The molecule has 1 atom stereocenters. The third-order valence-corrected chi connectivity index (χ3v) is 6.55. The number of amides is 3. The molecule has 0 unspecified atom stereocenters. The zero-order chi connectivity index (χ0) is 20.4. The Morgan fingerprint density at radius 3 is 2.79 bits per heavy atom. The molecule has 2 aromatic rings. The van der Waals surface area contributed by atoms with Crippen molar-refractivity contribution in [2.75, 3.05) is 36.5 Å². The molecule has 152 valence electrons. The van der Waals surface area contributed by atoms with E-state index in [0.717, 1.165) is 23.1 Å². The summed E-state index contributed by atoms with van der Waals surface area (Å²) in [6, 6.07) is 5.02. The fourth-order valence-corrected chi connectivity index (χ4v) is 4.66. The van der Waals surface area contributed by atoms with Gasteiger partial charge in [-0.1, -0.05) is 0 Å². The molecule has 11 heteroatoms. The van der Waals surface area contributed by atoms with Gasteiger partial charge in [-0.25, -0.2) is 4.98 Å². The average Bonchev–Trinajstić information content (AvgIpc) is 3.23. The first kappa shape index (κ1) is 19.7. The number of carbonyl (C=O) groups is 3. The van der Waals surface area contributed by atoms with E-state index in [1.54, 1.807) is 23.6 Å². The fourth-order valence-electron chi connectivity index (χ4n) is 2.87. The van der Waals surface area contributed by atoms with Crippen LogP contribution in [0.25, 0.3) is 0 Å². The molecular formula is C18H19N5O4S2. The van der Waals surface area contributed by atoms with Crippen molar-refractivity contribution in [1.82, 2.24) is 15.8 Å². The van der Waals surface area contributed by atoms with Gasteiger partial charge in [0, 0.05) is 28.9 Å². The average molecular weight is 434 g/mol. The molecule has 3 heterocycles. The molecule has 0 spiro atoms. The van der Waals surface area contributed by atoms with Gasteiger partial charge in [0.2, 0.25) is 5.91 Å². The SMILES string of the molecule is C[C@H]1Sc2ccc(C(=O)NNC(=O)c3csc(N4CCOCC4)n3)cc2NC1=O. The molecule has 0 bridgehead atoms. The van der Waals surface area contributed by atoms with E-state index < -0.39 is 11.8 Å². The van der Waals surface area contributed by atoms with E-state index in [2.05, 4.69) is 26.1 Å². The van der Waals surface area contributed by atoms with E-state index in [4.69, 9.17) is 4.74 Å². The number of anilines is 2. The molecule has 1 saturated heterocycles. The van der Waals surface area contributed by atoms with Crippen LogP contribution in [0.15, 0.2) is 28.5 Å². The number of rotatable bonds is 3. The third kappa shape index (κ3) is 4.36. The van der Waals surface area contributed by atoms with Gasteiger partial charge in [0.05, 0.1) is 24.2 Å². The Labute approximate surface area is 175 Å². The van der Waals surface area contributed by atoms with Crippen LogP contribution < -0.4 is 21.1 Å². The van der Waals surface area contributed by atoms with Gasteiger partial charge in [0.1, 0.15) is 5.69 Å². The van der Waals surface area contributed by atoms with E-state index in [0.29, 0.717) is 24.5 Å². The lowest BCUT2D eigenvalue weighted by atomic mass is 10.2. The van der Waals surface area contributed by atoms with Gasteiger partial charge < -0.3 is 15.0 Å². The topological polar surface area (TPSA) is 113 Å². The summed E-state index contributed by atoms with van der Waals surface area (Å²) >= 11 is 2.81. The molecule has 4 rings (SSSR count). The van der Waals surface area contributed by atoms with Gasteiger partial charge >= 0.3 is 0 Å². The summed E-state index contributed by atoms with van der Waals surface area (Å²) in [5, 5.41) is 5.01. The number of thiazole rings is 1. The highest BCUT2D eigenvalue weighted by atomic mass is 32.2.